The molecule has 1 fully saturated rings. The second-order valence-electron chi connectivity index (χ2n) is 4.28. The summed E-state index contributed by atoms with van der Waals surface area (Å²) in [6.07, 6.45) is 7.59. The van der Waals surface area contributed by atoms with Gasteiger partial charge in [-0.25, -0.2) is 0 Å². The van der Waals surface area contributed by atoms with Gasteiger partial charge in [0.05, 0.1) is 5.69 Å². The van der Waals surface area contributed by atoms with Crippen molar-refractivity contribution in [2.45, 2.75) is 45.2 Å². The maximum Gasteiger partial charge on any atom is 0.0638 e. The Balaban J connectivity index is 1.87. The van der Waals surface area contributed by atoms with Crippen LogP contribution in [-0.4, -0.2) is 15.8 Å². The molecule has 3 heteroatoms. The molecular weight excluding hydrogens is 174 g/mol. The summed E-state index contributed by atoms with van der Waals surface area (Å²) in [6.45, 7) is 3.05. The Morgan fingerprint density at radius 3 is 2.79 bits per heavy atom. The largest absolute Gasteiger partial charge is 0.310 e. The highest BCUT2D eigenvalue weighted by atomic mass is 15.2. The molecule has 0 aromatic carbocycles. The summed E-state index contributed by atoms with van der Waals surface area (Å²) in [5, 5.41) is 7.93. The van der Waals surface area contributed by atoms with Gasteiger partial charge in [0, 0.05) is 31.4 Å². The van der Waals surface area contributed by atoms with Crippen LogP contribution in [0.3, 0.4) is 0 Å². The van der Waals surface area contributed by atoms with E-state index in [2.05, 4.69) is 23.5 Å². The third kappa shape index (κ3) is 2.15. The first-order chi connectivity index (χ1) is 6.75. The number of rotatable bonds is 3. The zero-order chi connectivity index (χ0) is 9.97. The molecule has 0 bridgehead atoms. The molecule has 1 aliphatic rings. The highest BCUT2D eigenvalue weighted by molar-refractivity contribution is 5.14. The number of nitrogens with one attached hydrogen (secondary N) is 1. The molecule has 0 saturated heterocycles. The van der Waals surface area contributed by atoms with Gasteiger partial charge in [0.2, 0.25) is 0 Å². The van der Waals surface area contributed by atoms with E-state index in [1.807, 2.05) is 11.7 Å². The molecule has 3 nitrogen and oxygen atoms in total. The van der Waals surface area contributed by atoms with E-state index in [1.165, 1.54) is 31.2 Å². The minimum Gasteiger partial charge on any atom is -0.310 e. The fourth-order valence-corrected chi connectivity index (χ4v) is 2.21. The number of aryl methyl sites for hydroxylation is 2. The summed E-state index contributed by atoms with van der Waals surface area (Å²) in [4.78, 5) is 0. The van der Waals surface area contributed by atoms with E-state index in [0.29, 0.717) is 0 Å². The van der Waals surface area contributed by atoms with Crippen LogP contribution in [0.2, 0.25) is 0 Å². The first kappa shape index (κ1) is 9.71. The molecule has 1 aromatic rings. The summed E-state index contributed by atoms with van der Waals surface area (Å²) in [7, 11) is 1.98. The van der Waals surface area contributed by atoms with Crippen molar-refractivity contribution in [3.63, 3.8) is 0 Å². The first-order valence-electron chi connectivity index (χ1n) is 5.48. The van der Waals surface area contributed by atoms with Gasteiger partial charge in [-0.3, -0.25) is 4.68 Å². The van der Waals surface area contributed by atoms with Crippen LogP contribution in [0.25, 0.3) is 0 Å². The Kier molecular flexibility index (Phi) is 2.87. The third-order valence-electron chi connectivity index (χ3n) is 3.05. The maximum atomic E-state index is 4.33. The molecular formula is C11H19N3. The summed E-state index contributed by atoms with van der Waals surface area (Å²) < 4.78 is 1.89. The first-order valence-corrected chi connectivity index (χ1v) is 5.48. The van der Waals surface area contributed by atoms with Gasteiger partial charge in [-0.05, 0) is 19.8 Å². The standard InChI is InChI=1S/C11H19N3/c1-9-10(8-14(2)13-9)7-12-11-5-3-4-6-11/h8,11-12H,3-7H2,1-2H3. The van der Waals surface area contributed by atoms with Crippen molar-refractivity contribution in [3.8, 4) is 0 Å². The second kappa shape index (κ2) is 4.13. The predicted octanol–water partition coefficient (Wildman–Crippen LogP) is 1.76. The summed E-state index contributed by atoms with van der Waals surface area (Å²) in [5.74, 6) is 0. The fourth-order valence-electron chi connectivity index (χ4n) is 2.21. The Morgan fingerprint density at radius 2 is 2.21 bits per heavy atom. The molecule has 0 spiro atoms. The van der Waals surface area contributed by atoms with Crippen molar-refractivity contribution in [2.75, 3.05) is 0 Å². The highest BCUT2D eigenvalue weighted by Crippen LogP contribution is 2.18. The molecule has 1 saturated carbocycles. The van der Waals surface area contributed by atoms with Crippen LogP contribution in [0.15, 0.2) is 6.20 Å². The van der Waals surface area contributed by atoms with E-state index in [9.17, 15) is 0 Å². The molecule has 0 radical (unpaired) electrons. The Labute approximate surface area is 85.5 Å². The van der Waals surface area contributed by atoms with Crippen molar-refractivity contribution in [2.24, 2.45) is 7.05 Å². The van der Waals surface area contributed by atoms with Crippen LogP contribution in [0.4, 0.5) is 0 Å². The summed E-state index contributed by atoms with van der Waals surface area (Å²) >= 11 is 0. The number of hydrogen-bond acceptors (Lipinski definition) is 2. The van der Waals surface area contributed by atoms with Crippen LogP contribution in [0.5, 0.6) is 0 Å². The van der Waals surface area contributed by atoms with Gasteiger partial charge < -0.3 is 5.32 Å². The molecule has 2 rings (SSSR count). The van der Waals surface area contributed by atoms with E-state index in [-0.39, 0.29) is 0 Å². The molecule has 0 unspecified atom stereocenters. The zero-order valence-corrected chi connectivity index (χ0v) is 9.08. The molecule has 1 aliphatic carbocycles. The Hall–Kier alpha value is -0.830. The van der Waals surface area contributed by atoms with Crippen molar-refractivity contribution >= 4 is 0 Å². The summed E-state index contributed by atoms with van der Waals surface area (Å²) in [5.41, 5.74) is 2.48. The molecule has 14 heavy (non-hydrogen) atoms. The molecule has 78 valence electrons. The fraction of sp³-hybridized carbons (Fsp3) is 0.727. The second-order valence-corrected chi connectivity index (χ2v) is 4.28. The van der Waals surface area contributed by atoms with E-state index < -0.39 is 0 Å². The molecule has 1 heterocycles. The molecule has 0 aliphatic heterocycles. The molecule has 1 aromatic heterocycles. The number of aromatic nitrogens is 2. The van der Waals surface area contributed by atoms with E-state index in [4.69, 9.17) is 0 Å². The van der Waals surface area contributed by atoms with Gasteiger partial charge in [0.25, 0.3) is 0 Å². The van der Waals surface area contributed by atoms with Gasteiger partial charge in [0.15, 0.2) is 0 Å². The van der Waals surface area contributed by atoms with Gasteiger partial charge >= 0.3 is 0 Å². The number of nitrogens with zero attached hydrogens (tertiary/aromatic N) is 2. The normalized spacial score (nSPS) is 17.9. The number of hydrogen-bond donors (Lipinski definition) is 1. The van der Waals surface area contributed by atoms with E-state index in [1.54, 1.807) is 0 Å². The van der Waals surface area contributed by atoms with Crippen LogP contribution in [-0.2, 0) is 13.6 Å². The predicted molar refractivity (Wildman–Crippen MR) is 57.0 cm³/mol. The lowest BCUT2D eigenvalue weighted by Gasteiger charge is -2.10. The lowest BCUT2D eigenvalue weighted by atomic mass is 10.2. The molecule has 0 atom stereocenters. The SMILES string of the molecule is Cc1nn(C)cc1CNC1CCCC1. The van der Waals surface area contributed by atoms with Crippen molar-refractivity contribution in [3.05, 3.63) is 17.5 Å². The Bertz CT molecular complexity index is 297. The topological polar surface area (TPSA) is 29.9 Å². The Morgan fingerprint density at radius 1 is 1.50 bits per heavy atom. The van der Waals surface area contributed by atoms with Gasteiger partial charge in [-0.2, -0.15) is 5.10 Å². The highest BCUT2D eigenvalue weighted by Gasteiger charge is 2.14. The van der Waals surface area contributed by atoms with Gasteiger partial charge in [-0.15, -0.1) is 0 Å². The van der Waals surface area contributed by atoms with Gasteiger partial charge in [-0.1, -0.05) is 12.8 Å². The lowest BCUT2D eigenvalue weighted by Crippen LogP contribution is -2.25. The monoisotopic (exact) mass is 193 g/mol. The minimum atomic E-state index is 0.745. The summed E-state index contributed by atoms with van der Waals surface area (Å²) in [6, 6.07) is 0.745. The average Bonchev–Trinajstić information content (AvgIpc) is 2.72. The zero-order valence-electron chi connectivity index (χ0n) is 9.08. The van der Waals surface area contributed by atoms with Crippen molar-refractivity contribution in [1.29, 1.82) is 0 Å². The quantitative estimate of drug-likeness (QED) is 0.792. The van der Waals surface area contributed by atoms with Crippen LogP contribution >= 0.6 is 0 Å². The van der Waals surface area contributed by atoms with Crippen molar-refractivity contribution < 1.29 is 0 Å². The van der Waals surface area contributed by atoms with Crippen LogP contribution in [0, 0.1) is 6.92 Å². The van der Waals surface area contributed by atoms with E-state index >= 15 is 0 Å². The third-order valence-corrected chi connectivity index (χ3v) is 3.05. The maximum absolute atomic E-state index is 4.33. The van der Waals surface area contributed by atoms with Crippen molar-refractivity contribution in [1.82, 2.24) is 15.1 Å². The molecule has 1 N–H and O–H groups in total. The van der Waals surface area contributed by atoms with Crippen LogP contribution < -0.4 is 5.32 Å². The van der Waals surface area contributed by atoms with Crippen LogP contribution in [0.1, 0.15) is 36.9 Å². The minimum absolute atomic E-state index is 0.745. The smallest absolute Gasteiger partial charge is 0.0638 e. The van der Waals surface area contributed by atoms with E-state index in [0.717, 1.165) is 18.3 Å². The van der Waals surface area contributed by atoms with Gasteiger partial charge in [0.1, 0.15) is 0 Å². The average molecular weight is 193 g/mol. The molecule has 0 amide bonds. The lowest BCUT2D eigenvalue weighted by molar-refractivity contribution is 0.523.